The van der Waals surface area contributed by atoms with Crippen LogP contribution in [0.1, 0.15) is 19.3 Å². The normalized spacial score (nSPS) is 24.1. The minimum absolute atomic E-state index is 0.00287. The largest absolute Gasteiger partial charge is 0.490 e. The first-order chi connectivity index (χ1) is 8.73. The fourth-order valence-corrected chi connectivity index (χ4v) is 2.30. The predicted molar refractivity (Wildman–Crippen MR) is 58.4 cm³/mol. The number of alkyl halides is 3. The van der Waals surface area contributed by atoms with Gasteiger partial charge in [-0.05, 0) is 37.8 Å². The zero-order chi connectivity index (χ0) is 14.7. The fourth-order valence-electron chi connectivity index (χ4n) is 2.30. The van der Waals surface area contributed by atoms with Gasteiger partial charge in [-0.1, -0.05) is 0 Å². The first kappa shape index (κ1) is 15.7. The van der Waals surface area contributed by atoms with Crippen LogP contribution in [0.5, 0.6) is 0 Å². The van der Waals surface area contributed by atoms with Gasteiger partial charge in [0.2, 0.25) is 0 Å². The van der Waals surface area contributed by atoms with Gasteiger partial charge in [0.1, 0.15) is 0 Å². The fraction of sp³-hybridized carbons (Fsp3) is 0.818. The maximum atomic E-state index is 11.2. The Balaban J connectivity index is 0.000000224. The Labute approximate surface area is 108 Å². The van der Waals surface area contributed by atoms with Crippen molar-refractivity contribution in [2.45, 2.75) is 25.4 Å². The van der Waals surface area contributed by atoms with Gasteiger partial charge >= 0.3 is 18.1 Å². The van der Waals surface area contributed by atoms with Crippen molar-refractivity contribution in [2.75, 3.05) is 20.2 Å². The van der Waals surface area contributed by atoms with E-state index in [2.05, 4.69) is 5.32 Å². The molecule has 0 aromatic heterocycles. The average molecular weight is 283 g/mol. The van der Waals surface area contributed by atoms with Gasteiger partial charge in [0, 0.05) is 0 Å². The molecule has 19 heavy (non-hydrogen) atoms. The molecule has 2 aliphatic rings. The number of methoxy groups -OCH3 is 1. The van der Waals surface area contributed by atoms with Crippen LogP contribution in [0.4, 0.5) is 13.2 Å². The number of carboxylic acid groups (broad SMARTS) is 1. The molecule has 2 fully saturated rings. The van der Waals surface area contributed by atoms with Crippen LogP contribution >= 0.6 is 0 Å². The Morgan fingerprint density at radius 2 is 1.79 bits per heavy atom. The Kier molecular flexibility index (Phi) is 4.78. The van der Waals surface area contributed by atoms with Gasteiger partial charge in [-0.15, -0.1) is 0 Å². The topological polar surface area (TPSA) is 75.6 Å². The SMILES string of the molecule is COC(=O)C1CC12CCNCC2.O=C(O)C(F)(F)F. The summed E-state index contributed by atoms with van der Waals surface area (Å²) < 4.78 is 36.5. The summed E-state index contributed by atoms with van der Waals surface area (Å²) in [6, 6.07) is 0. The van der Waals surface area contributed by atoms with Gasteiger partial charge in [-0.2, -0.15) is 13.2 Å². The number of carbonyl (C=O) groups is 2. The van der Waals surface area contributed by atoms with E-state index in [1.54, 1.807) is 0 Å². The number of halogens is 3. The summed E-state index contributed by atoms with van der Waals surface area (Å²) in [6.45, 7) is 2.13. The summed E-state index contributed by atoms with van der Waals surface area (Å²) in [7, 11) is 1.48. The van der Waals surface area contributed by atoms with Crippen molar-refractivity contribution in [2.24, 2.45) is 11.3 Å². The van der Waals surface area contributed by atoms with E-state index in [-0.39, 0.29) is 11.9 Å². The number of hydrogen-bond acceptors (Lipinski definition) is 4. The molecule has 1 aliphatic carbocycles. The van der Waals surface area contributed by atoms with E-state index in [0.29, 0.717) is 5.41 Å². The molecule has 0 radical (unpaired) electrons. The molecule has 0 bridgehead atoms. The van der Waals surface area contributed by atoms with Crippen LogP contribution in [0, 0.1) is 11.3 Å². The minimum Gasteiger partial charge on any atom is -0.475 e. The van der Waals surface area contributed by atoms with Crippen LogP contribution in [0.15, 0.2) is 0 Å². The Morgan fingerprint density at radius 3 is 2.16 bits per heavy atom. The molecule has 1 heterocycles. The highest BCUT2D eigenvalue weighted by Crippen LogP contribution is 2.58. The van der Waals surface area contributed by atoms with Crippen LogP contribution in [0.3, 0.4) is 0 Å². The quantitative estimate of drug-likeness (QED) is 0.707. The van der Waals surface area contributed by atoms with E-state index in [1.807, 2.05) is 0 Å². The molecule has 1 atom stereocenters. The van der Waals surface area contributed by atoms with Crippen molar-refractivity contribution < 1.29 is 32.6 Å². The van der Waals surface area contributed by atoms with E-state index in [0.717, 1.165) is 32.4 Å². The second-order valence-electron chi connectivity index (χ2n) is 4.70. The lowest BCUT2D eigenvalue weighted by Crippen LogP contribution is -2.30. The standard InChI is InChI=1S/C9H15NO2.C2HF3O2/c1-12-8(11)7-6-9(7)2-4-10-5-3-9;3-2(4,5)1(6)7/h7,10H,2-6H2,1H3;(H,6,7). The molecule has 110 valence electrons. The maximum Gasteiger partial charge on any atom is 0.490 e. The molecule has 1 saturated carbocycles. The second-order valence-corrected chi connectivity index (χ2v) is 4.70. The molecule has 8 heteroatoms. The monoisotopic (exact) mass is 283 g/mol. The summed E-state index contributed by atoms with van der Waals surface area (Å²) in [5, 5.41) is 10.4. The average Bonchev–Trinajstić information content (AvgIpc) is 3.02. The lowest BCUT2D eigenvalue weighted by Gasteiger charge is -2.22. The van der Waals surface area contributed by atoms with Crippen LogP contribution in [-0.4, -0.2) is 43.4 Å². The lowest BCUT2D eigenvalue weighted by molar-refractivity contribution is -0.192. The van der Waals surface area contributed by atoms with Gasteiger partial charge < -0.3 is 15.2 Å². The predicted octanol–water partition coefficient (Wildman–Crippen LogP) is 1.18. The minimum atomic E-state index is -5.08. The molecule has 0 amide bonds. The van der Waals surface area contributed by atoms with Crippen LogP contribution < -0.4 is 5.32 Å². The number of ether oxygens (including phenoxy) is 1. The number of hydrogen-bond donors (Lipinski definition) is 2. The van der Waals surface area contributed by atoms with Crippen molar-refractivity contribution in [1.82, 2.24) is 5.32 Å². The number of piperidine rings is 1. The van der Waals surface area contributed by atoms with E-state index in [4.69, 9.17) is 14.6 Å². The molecular formula is C11H16F3NO4. The Hall–Kier alpha value is -1.31. The van der Waals surface area contributed by atoms with Gasteiger partial charge in [0.25, 0.3) is 0 Å². The highest BCUT2D eigenvalue weighted by atomic mass is 19.4. The van der Waals surface area contributed by atoms with Gasteiger partial charge in [0.15, 0.2) is 0 Å². The first-order valence-corrected chi connectivity index (χ1v) is 5.81. The zero-order valence-electron chi connectivity index (χ0n) is 10.4. The molecule has 1 saturated heterocycles. The van der Waals surface area contributed by atoms with Gasteiger partial charge in [0.05, 0.1) is 13.0 Å². The molecule has 1 unspecified atom stereocenters. The first-order valence-electron chi connectivity index (χ1n) is 5.81. The number of carbonyl (C=O) groups excluding carboxylic acids is 1. The van der Waals surface area contributed by atoms with Crippen molar-refractivity contribution in [3.8, 4) is 0 Å². The molecule has 2 rings (SSSR count). The van der Waals surface area contributed by atoms with Crippen LogP contribution in [0.25, 0.3) is 0 Å². The Morgan fingerprint density at radius 1 is 1.32 bits per heavy atom. The second kappa shape index (κ2) is 5.77. The van der Waals surface area contributed by atoms with E-state index < -0.39 is 12.1 Å². The lowest BCUT2D eigenvalue weighted by atomic mass is 9.92. The number of carboxylic acids is 1. The van der Waals surface area contributed by atoms with E-state index >= 15 is 0 Å². The number of esters is 1. The summed E-state index contributed by atoms with van der Waals surface area (Å²) in [6.07, 6.45) is -1.74. The molecular weight excluding hydrogens is 267 g/mol. The van der Waals surface area contributed by atoms with Crippen molar-refractivity contribution in [1.29, 1.82) is 0 Å². The third-order valence-corrected chi connectivity index (χ3v) is 3.52. The zero-order valence-corrected chi connectivity index (χ0v) is 10.4. The maximum absolute atomic E-state index is 11.2. The van der Waals surface area contributed by atoms with E-state index in [9.17, 15) is 18.0 Å². The van der Waals surface area contributed by atoms with E-state index in [1.165, 1.54) is 7.11 Å². The third kappa shape index (κ3) is 4.09. The van der Waals surface area contributed by atoms with Crippen molar-refractivity contribution >= 4 is 11.9 Å². The number of nitrogens with one attached hydrogen (secondary N) is 1. The molecule has 0 aromatic carbocycles. The van der Waals surface area contributed by atoms with Crippen molar-refractivity contribution in [3.63, 3.8) is 0 Å². The van der Waals surface area contributed by atoms with Gasteiger partial charge in [-0.25, -0.2) is 4.79 Å². The smallest absolute Gasteiger partial charge is 0.475 e. The summed E-state index contributed by atoms with van der Waals surface area (Å²) >= 11 is 0. The molecule has 1 spiro atoms. The molecule has 5 nitrogen and oxygen atoms in total. The third-order valence-electron chi connectivity index (χ3n) is 3.52. The molecule has 2 N–H and O–H groups in total. The highest BCUT2D eigenvalue weighted by molar-refractivity contribution is 5.76. The number of rotatable bonds is 1. The van der Waals surface area contributed by atoms with Gasteiger partial charge in [-0.3, -0.25) is 4.79 Å². The molecule has 0 aromatic rings. The molecule has 1 aliphatic heterocycles. The van der Waals surface area contributed by atoms with Crippen LogP contribution in [-0.2, 0) is 14.3 Å². The highest BCUT2D eigenvalue weighted by Gasteiger charge is 2.58. The summed E-state index contributed by atoms with van der Waals surface area (Å²) in [5.41, 5.74) is 0.332. The number of aliphatic carboxylic acids is 1. The summed E-state index contributed by atoms with van der Waals surface area (Å²) in [5.74, 6) is -2.55. The van der Waals surface area contributed by atoms with Crippen LogP contribution in [0.2, 0.25) is 0 Å². The Bertz CT molecular complexity index is 350. The van der Waals surface area contributed by atoms with Crippen molar-refractivity contribution in [3.05, 3.63) is 0 Å². The summed E-state index contributed by atoms with van der Waals surface area (Å²) in [4.78, 5) is 20.1.